The summed E-state index contributed by atoms with van der Waals surface area (Å²) >= 11 is 7.52. The molecule has 5 heterocycles. The molecule has 274 valence electrons. The number of amides is 5. The minimum absolute atomic E-state index is 0.0267. The van der Waals surface area contributed by atoms with E-state index in [4.69, 9.17) is 16.6 Å². The third-order valence-corrected chi connectivity index (χ3v) is 10.8. The number of carbonyl (C=O) groups excluding carboxylic acids is 5. The number of piperazine rings is 1. The average Bonchev–Trinajstić information content (AvgIpc) is 3.74. The van der Waals surface area contributed by atoms with Crippen LogP contribution in [0.4, 0.5) is 28.0 Å². The summed E-state index contributed by atoms with van der Waals surface area (Å²) in [6.45, 7) is 6.76. The van der Waals surface area contributed by atoms with Crippen molar-refractivity contribution in [3.05, 3.63) is 87.0 Å². The number of piperidine rings is 1. The summed E-state index contributed by atoms with van der Waals surface area (Å²) in [5.41, 5.74) is 5.10. The molecule has 14 nitrogen and oxygen atoms in total. The zero-order chi connectivity index (χ0) is 37.2. The van der Waals surface area contributed by atoms with Crippen LogP contribution in [0, 0.1) is 13.8 Å². The number of fused-ring (bicyclic) bond motifs is 1. The van der Waals surface area contributed by atoms with E-state index in [-0.39, 0.29) is 43.0 Å². The highest BCUT2D eigenvalue weighted by Crippen LogP contribution is 2.33. The lowest BCUT2D eigenvalue weighted by Gasteiger charge is -2.35. The zero-order valence-electron chi connectivity index (χ0n) is 29.2. The number of hydrogen-bond acceptors (Lipinski definition) is 11. The predicted molar refractivity (Wildman–Crippen MR) is 203 cm³/mol. The minimum Gasteiger partial charge on any atom is -0.384 e. The molecule has 16 heteroatoms. The second-order valence-electron chi connectivity index (χ2n) is 13.2. The van der Waals surface area contributed by atoms with Crippen molar-refractivity contribution in [3.8, 4) is 0 Å². The van der Waals surface area contributed by atoms with Gasteiger partial charge in [0.1, 0.15) is 16.7 Å². The lowest BCUT2D eigenvalue weighted by atomic mass is 10.0. The van der Waals surface area contributed by atoms with E-state index in [2.05, 4.69) is 31.2 Å². The first-order valence-corrected chi connectivity index (χ1v) is 18.5. The van der Waals surface area contributed by atoms with Gasteiger partial charge in [-0.3, -0.25) is 29.3 Å². The van der Waals surface area contributed by atoms with Crippen molar-refractivity contribution in [2.24, 2.45) is 0 Å². The van der Waals surface area contributed by atoms with E-state index in [1.165, 1.54) is 22.4 Å². The lowest BCUT2D eigenvalue weighted by molar-refractivity contribution is -0.137. The summed E-state index contributed by atoms with van der Waals surface area (Å²) in [6.07, 6.45) is 2.30. The van der Waals surface area contributed by atoms with Crippen LogP contribution in [0.15, 0.2) is 54.7 Å². The summed E-state index contributed by atoms with van der Waals surface area (Å²) in [6, 6.07) is 14.0. The number of aromatic nitrogens is 2. The number of rotatable bonds is 10. The van der Waals surface area contributed by atoms with Gasteiger partial charge in [0.15, 0.2) is 5.13 Å². The van der Waals surface area contributed by atoms with Crippen molar-refractivity contribution in [3.63, 3.8) is 0 Å². The van der Waals surface area contributed by atoms with Crippen LogP contribution in [-0.2, 0) is 20.9 Å². The second-order valence-corrected chi connectivity index (χ2v) is 14.6. The van der Waals surface area contributed by atoms with Gasteiger partial charge in [-0.25, -0.2) is 9.97 Å². The molecule has 4 N–H and O–H groups in total. The number of benzene rings is 2. The van der Waals surface area contributed by atoms with Crippen molar-refractivity contribution in [2.75, 3.05) is 53.6 Å². The molecule has 0 aliphatic carbocycles. The molecule has 0 spiro atoms. The van der Waals surface area contributed by atoms with Crippen LogP contribution in [-0.4, -0.2) is 88.1 Å². The number of carbonyl (C=O) groups is 5. The largest absolute Gasteiger partial charge is 0.384 e. The van der Waals surface area contributed by atoms with Gasteiger partial charge in [0.2, 0.25) is 17.7 Å². The maximum Gasteiger partial charge on any atom is 0.267 e. The Kier molecular flexibility index (Phi) is 10.3. The molecule has 0 saturated carbocycles. The number of nitrogens with zero attached hydrogens (tertiary/aromatic N) is 5. The highest BCUT2D eigenvalue weighted by Gasteiger charge is 2.40. The molecule has 0 bridgehead atoms. The summed E-state index contributed by atoms with van der Waals surface area (Å²) in [7, 11) is 0. The summed E-state index contributed by atoms with van der Waals surface area (Å²) in [5.74, 6) is -0.492. The molecule has 2 fully saturated rings. The van der Waals surface area contributed by atoms with Crippen LogP contribution in [0.2, 0.25) is 5.02 Å². The van der Waals surface area contributed by atoms with E-state index in [9.17, 15) is 24.0 Å². The maximum absolute atomic E-state index is 13.2. The highest BCUT2D eigenvalue weighted by atomic mass is 35.5. The number of thiazole rings is 1. The molecule has 5 amide bonds. The van der Waals surface area contributed by atoms with Crippen LogP contribution in [0.25, 0.3) is 0 Å². The van der Waals surface area contributed by atoms with E-state index < -0.39 is 11.9 Å². The van der Waals surface area contributed by atoms with Crippen LogP contribution >= 0.6 is 22.9 Å². The number of para-hydroxylation sites is 1. The Hall–Kier alpha value is -5.54. The van der Waals surface area contributed by atoms with Gasteiger partial charge in [-0.2, -0.15) is 0 Å². The Balaban J connectivity index is 0.901. The van der Waals surface area contributed by atoms with Crippen LogP contribution in [0.5, 0.6) is 0 Å². The van der Waals surface area contributed by atoms with Gasteiger partial charge in [0.25, 0.3) is 11.8 Å². The summed E-state index contributed by atoms with van der Waals surface area (Å²) in [4.78, 5) is 78.4. The van der Waals surface area contributed by atoms with Crippen molar-refractivity contribution < 1.29 is 24.0 Å². The predicted octanol–water partition coefficient (Wildman–Crippen LogP) is 4.72. The maximum atomic E-state index is 13.2. The third kappa shape index (κ3) is 7.81. The van der Waals surface area contributed by atoms with E-state index in [0.717, 1.165) is 34.0 Å². The average molecular weight is 756 g/mol. The normalized spacial score (nSPS) is 17.1. The smallest absolute Gasteiger partial charge is 0.267 e. The molecule has 2 aromatic carbocycles. The van der Waals surface area contributed by atoms with Gasteiger partial charge in [-0.1, -0.05) is 41.1 Å². The van der Waals surface area contributed by atoms with E-state index in [1.807, 2.05) is 49.1 Å². The van der Waals surface area contributed by atoms with Gasteiger partial charge in [-0.15, -0.1) is 0 Å². The van der Waals surface area contributed by atoms with Gasteiger partial charge >= 0.3 is 0 Å². The number of aryl methyl sites for hydroxylation is 2. The number of anilines is 5. The molecule has 3 aliphatic rings. The lowest BCUT2D eigenvalue weighted by Crippen LogP contribution is -2.52. The number of hydrogen-bond donors (Lipinski definition) is 4. The fourth-order valence-electron chi connectivity index (χ4n) is 6.81. The van der Waals surface area contributed by atoms with Crippen molar-refractivity contribution in [2.45, 2.75) is 45.7 Å². The number of nitrogens with one attached hydrogen (secondary N) is 4. The Bertz CT molecular complexity index is 2100. The quantitative estimate of drug-likeness (QED) is 0.166. The van der Waals surface area contributed by atoms with E-state index >= 15 is 0 Å². The summed E-state index contributed by atoms with van der Waals surface area (Å²) < 4.78 is 0. The molecule has 53 heavy (non-hydrogen) atoms. The number of halogens is 1. The molecular formula is C37H38ClN9O5S. The van der Waals surface area contributed by atoms with E-state index in [0.29, 0.717) is 65.4 Å². The molecular weight excluding hydrogens is 718 g/mol. The topological polar surface area (TPSA) is 169 Å². The Labute approximate surface area is 314 Å². The van der Waals surface area contributed by atoms with Gasteiger partial charge < -0.3 is 30.7 Å². The van der Waals surface area contributed by atoms with Crippen LogP contribution < -0.4 is 26.2 Å². The van der Waals surface area contributed by atoms with Crippen LogP contribution in [0.1, 0.15) is 56.1 Å². The first-order chi connectivity index (χ1) is 25.5. The second kappa shape index (κ2) is 15.2. The molecule has 4 aromatic rings. The van der Waals surface area contributed by atoms with E-state index in [1.54, 1.807) is 18.2 Å². The monoisotopic (exact) mass is 755 g/mol. The minimum atomic E-state index is -0.685. The molecule has 2 saturated heterocycles. The Morgan fingerprint density at radius 2 is 1.83 bits per heavy atom. The van der Waals surface area contributed by atoms with Crippen LogP contribution in [0.3, 0.4) is 0 Å². The number of imide groups is 1. The Morgan fingerprint density at radius 3 is 2.60 bits per heavy atom. The van der Waals surface area contributed by atoms with Crippen molar-refractivity contribution in [1.82, 2.24) is 25.1 Å². The molecule has 1 atom stereocenters. The molecule has 0 radical (unpaired) electrons. The first kappa shape index (κ1) is 35.8. The first-order valence-electron chi connectivity index (χ1n) is 17.3. The van der Waals surface area contributed by atoms with Crippen molar-refractivity contribution >= 4 is 80.5 Å². The SMILES string of the molecule is Cc1cc(Nc2ncc(C(=O)Nc3c(C)cccc3Cl)s2)cc(N2CCN(C(=O)CCNc3cccc4c3CN(C3CCC(=O)NC3=O)C4=O)CC2)n1. The Morgan fingerprint density at radius 1 is 1.04 bits per heavy atom. The molecule has 2 aromatic heterocycles. The fourth-order valence-corrected chi connectivity index (χ4v) is 7.81. The van der Waals surface area contributed by atoms with Crippen molar-refractivity contribution in [1.29, 1.82) is 0 Å². The molecule has 1 unspecified atom stereocenters. The standard InChI is InChI=1S/C37H38ClN9O5S/c1-21-5-3-7-26(38)33(21)44-35(51)29-19-40-37(53-29)42-23-17-22(2)41-30(18-23)45-13-15-46(16-14-45)32(49)11-12-39-27-8-4-6-24-25(27)20-47(36(24)52)28-9-10-31(48)43-34(28)50/h3-8,17-19,28,39H,9-16,20H2,1-2H3,(H,44,51)(H,40,41,42)(H,43,48,50). The number of pyridine rings is 1. The third-order valence-electron chi connectivity index (χ3n) is 9.57. The fraction of sp³-hybridized carbons (Fsp3) is 0.324. The highest BCUT2D eigenvalue weighted by molar-refractivity contribution is 7.17. The summed E-state index contributed by atoms with van der Waals surface area (Å²) in [5, 5.41) is 12.9. The molecule has 7 rings (SSSR count). The van der Waals surface area contributed by atoms with Gasteiger partial charge in [0, 0.05) is 86.4 Å². The zero-order valence-corrected chi connectivity index (χ0v) is 30.8. The van der Waals surface area contributed by atoms with Gasteiger partial charge in [-0.05, 0) is 50.1 Å². The molecule has 3 aliphatic heterocycles. The van der Waals surface area contributed by atoms with Gasteiger partial charge in [0.05, 0.1) is 16.9 Å².